The summed E-state index contributed by atoms with van der Waals surface area (Å²) in [5.74, 6) is 0.145. The summed E-state index contributed by atoms with van der Waals surface area (Å²) in [5, 5.41) is 2.56. The molecule has 216 valence electrons. The van der Waals surface area contributed by atoms with Crippen LogP contribution in [-0.2, 0) is 46.0 Å². The van der Waals surface area contributed by atoms with Gasteiger partial charge in [0, 0.05) is 46.5 Å². The summed E-state index contributed by atoms with van der Waals surface area (Å²) in [5.41, 5.74) is 1.79. The van der Waals surface area contributed by atoms with E-state index in [9.17, 15) is 18.0 Å². The molecule has 12 heteroatoms. The number of anilines is 2. The Morgan fingerprint density at radius 3 is 2.45 bits per heavy atom. The molecule has 1 N–H and O–H groups in total. The van der Waals surface area contributed by atoms with E-state index >= 15 is 0 Å². The molecule has 3 aromatic rings. The highest BCUT2D eigenvalue weighted by Gasteiger charge is 2.30. The molecule has 2 aromatic carbocycles. The zero-order chi connectivity index (χ0) is 29.1. The number of ether oxygens (including phenoxy) is 3. The number of sulfonamides is 1. The van der Waals surface area contributed by atoms with Gasteiger partial charge in [0.25, 0.3) is 15.9 Å². The zero-order valence-electron chi connectivity index (χ0n) is 23.5. The molecule has 1 aromatic heterocycles. The predicted molar refractivity (Wildman–Crippen MR) is 151 cm³/mol. The molecule has 11 nitrogen and oxygen atoms in total. The predicted octanol–water partition coefficient (Wildman–Crippen LogP) is 3.67. The van der Waals surface area contributed by atoms with Gasteiger partial charge < -0.3 is 24.1 Å². The van der Waals surface area contributed by atoms with E-state index in [4.69, 9.17) is 14.5 Å². The van der Waals surface area contributed by atoms with Gasteiger partial charge in [-0.15, -0.1) is 0 Å². The van der Waals surface area contributed by atoms with Crippen molar-refractivity contribution in [3.05, 3.63) is 48.3 Å². The van der Waals surface area contributed by atoms with Crippen LogP contribution in [-0.4, -0.2) is 63.8 Å². The third kappa shape index (κ3) is 6.45. The third-order valence-electron chi connectivity index (χ3n) is 7.13. The average molecular weight is 573 g/mol. The second-order valence-corrected chi connectivity index (χ2v) is 12.3. The van der Waals surface area contributed by atoms with Crippen LogP contribution in [0.3, 0.4) is 0 Å². The topological polar surface area (TPSA) is 129 Å². The van der Waals surface area contributed by atoms with Crippen molar-refractivity contribution in [2.45, 2.75) is 50.7 Å². The fourth-order valence-corrected chi connectivity index (χ4v) is 5.80. The van der Waals surface area contributed by atoms with E-state index in [0.717, 1.165) is 43.9 Å². The van der Waals surface area contributed by atoms with Crippen LogP contribution in [0.5, 0.6) is 0 Å². The number of nitrogens with zero attached hydrogens (tertiary/aromatic N) is 3. The number of hydrogen-bond acceptors (Lipinski definition) is 8. The number of benzene rings is 2. The molecule has 0 atom stereocenters. The number of rotatable bonds is 10. The van der Waals surface area contributed by atoms with Crippen molar-refractivity contribution in [2.75, 3.05) is 43.6 Å². The number of imidazole rings is 1. The van der Waals surface area contributed by atoms with Gasteiger partial charge >= 0.3 is 5.97 Å². The molecule has 0 aliphatic carbocycles. The maximum atomic E-state index is 13.4. The Bertz CT molecular complexity index is 1480. The zero-order valence-corrected chi connectivity index (χ0v) is 24.3. The standard InChI is InChI=1S/C28H36N4O7S/c1-19(33)39-18-26(34)29-21-6-9-23(10-7-21)40(35,36)31(4)22-8-11-25-24(16-22)30-27(28(2,3)37-5)32(25)17-20-12-14-38-15-13-20/h6-11,16,20H,12-15,17-18H2,1-5H3,(H,29,34). The highest BCUT2D eigenvalue weighted by atomic mass is 32.2. The normalized spacial score (nSPS) is 14.7. The van der Waals surface area contributed by atoms with Crippen LogP contribution in [0.15, 0.2) is 47.4 Å². The van der Waals surface area contributed by atoms with Gasteiger partial charge in [0.1, 0.15) is 11.4 Å². The van der Waals surface area contributed by atoms with Crippen LogP contribution < -0.4 is 9.62 Å². The molecule has 0 bridgehead atoms. The molecule has 40 heavy (non-hydrogen) atoms. The van der Waals surface area contributed by atoms with Crippen molar-refractivity contribution in [1.29, 1.82) is 0 Å². The third-order valence-corrected chi connectivity index (χ3v) is 8.93. The summed E-state index contributed by atoms with van der Waals surface area (Å²) in [7, 11) is -0.765. The lowest BCUT2D eigenvalue weighted by molar-refractivity contribution is -0.144. The quantitative estimate of drug-likeness (QED) is 0.365. The van der Waals surface area contributed by atoms with E-state index in [0.29, 0.717) is 22.8 Å². The second-order valence-electron chi connectivity index (χ2n) is 10.3. The van der Waals surface area contributed by atoms with E-state index in [1.54, 1.807) is 19.2 Å². The van der Waals surface area contributed by atoms with Gasteiger partial charge in [0.05, 0.1) is 21.6 Å². The highest BCUT2D eigenvalue weighted by molar-refractivity contribution is 7.92. The number of nitrogens with one attached hydrogen (secondary N) is 1. The summed E-state index contributed by atoms with van der Waals surface area (Å²) in [6, 6.07) is 11.2. The van der Waals surface area contributed by atoms with E-state index < -0.39 is 34.1 Å². The van der Waals surface area contributed by atoms with Crippen molar-refractivity contribution in [3.8, 4) is 0 Å². The largest absolute Gasteiger partial charge is 0.456 e. The molecule has 0 saturated carbocycles. The first-order valence-corrected chi connectivity index (χ1v) is 14.5. The van der Waals surface area contributed by atoms with Gasteiger partial charge in [-0.3, -0.25) is 13.9 Å². The van der Waals surface area contributed by atoms with Crippen LogP contribution in [0.1, 0.15) is 39.4 Å². The van der Waals surface area contributed by atoms with Crippen molar-refractivity contribution in [2.24, 2.45) is 5.92 Å². The number of aromatic nitrogens is 2. The number of esters is 1. The van der Waals surface area contributed by atoms with Gasteiger partial charge in [-0.05, 0) is 75.1 Å². The minimum absolute atomic E-state index is 0.0549. The molecule has 0 radical (unpaired) electrons. The second kappa shape index (κ2) is 11.9. The summed E-state index contributed by atoms with van der Waals surface area (Å²) < 4.78 is 46.2. The molecule has 0 unspecified atom stereocenters. The lowest BCUT2D eigenvalue weighted by Gasteiger charge is -2.27. The minimum atomic E-state index is -3.91. The van der Waals surface area contributed by atoms with Gasteiger partial charge in [-0.25, -0.2) is 13.4 Å². The maximum Gasteiger partial charge on any atom is 0.303 e. The summed E-state index contributed by atoms with van der Waals surface area (Å²) >= 11 is 0. The Morgan fingerprint density at radius 2 is 1.82 bits per heavy atom. The van der Waals surface area contributed by atoms with Crippen molar-refractivity contribution < 1.29 is 32.2 Å². The van der Waals surface area contributed by atoms with Crippen LogP contribution in [0, 0.1) is 5.92 Å². The fraction of sp³-hybridized carbons (Fsp3) is 0.464. The van der Waals surface area contributed by atoms with Crippen LogP contribution >= 0.6 is 0 Å². The van der Waals surface area contributed by atoms with Crippen molar-refractivity contribution in [1.82, 2.24) is 9.55 Å². The smallest absolute Gasteiger partial charge is 0.303 e. The number of fused-ring (bicyclic) bond motifs is 1. The molecule has 0 spiro atoms. The van der Waals surface area contributed by atoms with E-state index in [1.807, 2.05) is 19.9 Å². The SMILES string of the molecule is COC(C)(C)c1nc2cc(N(C)S(=O)(=O)c3ccc(NC(=O)COC(C)=O)cc3)ccc2n1CC1CCOCC1. The fourth-order valence-electron chi connectivity index (χ4n) is 4.61. The van der Waals surface area contributed by atoms with Crippen molar-refractivity contribution >= 4 is 44.3 Å². The van der Waals surface area contributed by atoms with Crippen LogP contribution in [0.2, 0.25) is 0 Å². The number of methoxy groups -OCH3 is 1. The molecule has 1 amide bonds. The number of carbonyl (C=O) groups excluding carboxylic acids is 2. The first-order chi connectivity index (χ1) is 18.9. The van der Waals surface area contributed by atoms with Gasteiger partial charge in [0.2, 0.25) is 0 Å². The molecule has 1 aliphatic heterocycles. The molecule has 1 fully saturated rings. The summed E-state index contributed by atoms with van der Waals surface area (Å²) in [6.45, 7) is 6.99. The van der Waals surface area contributed by atoms with Crippen molar-refractivity contribution in [3.63, 3.8) is 0 Å². The lowest BCUT2D eigenvalue weighted by Crippen LogP contribution is -2.28. The molecule has 4 rings (SSSR count). The Morgan fingerprint density at radius 1 is 1.15 bits per heavy atom. The van der Waals surface area contributed by atoms with Gasteiger partial charge in [0.15, 0.2) is 6.61 Å². The summed E-state index contributed by atoms with van der Waals surface area (Å²) in [6.07, 6.45) is 1.94. The Labute approximate surface area is 234 Å². The number of hydrogen-bond donors (Lipinski definition) is 1. The molecule has 1 saturated heterocycles. The van der Waals surface area contributed by atoms with E-state index in [1.165, 1.54) is 42.5 Å². The lowest BCUT2D eigenvalue weighted by atomic mass is 9.99. The molecule has 2 heterocycles. The van der Waals surface area contributed by atoms with Gasteiger partial charge in [-0.2, -0.15) is 0 Å². The Kier molecular flexibility index (Phi) is 8.81. The maximum absolute atomic E-state index is 13.4. The molecular weight excluding hydrogens is 536 g/mol. The first kappa shape index (κ1) is 29.5. The van der Waals surface area contributed by atoms with Crippen LogP contribution in [0.25, 0.3) is 11.0 Å². The number of amides is 1. The summed E-state index contributed by atoms with van der Waals surface area (Å²) in [4.78, 5) is 27.7. The average Bonchev–Trinajstić information content (AvgIpc) is 3.30. The Balaban J connectivity index is 1.59. The van der Waals surface area contributed by atoms with Crippen LogP contribution in [0.4, 0.5) is 11.4 Å². The minimum Gasteiger partial charge on any atom is -0.456 e. The van der Waals surface area contributed by atoms with E-state index in [2.05, 4.69) is 14.6 Å². The molecule has 1 aliphatic rings. The van der Waals surface area contributed by atoms with E-state index in [-0.39, 0.29) is 4.90 Å². The first-order valence-electron chi connectivity index (χ1n) is 13.1. The molecular formula is C28H36N4O7S. The number of carbonyl (C=O) groups is 2. The Hall–Kier alpha value is -3.48. The monoisotopic (exact) mass is 572 g/mol. The highest BCUT2D eigenvalue weighted by Crippen LogP contribution is 2.33. The van der Waals surface area contributed by atoms with Gasteiger partial charge in [-0.1, -0.05) is 0 Å².